The maximum absolute atomic E-state index is 12.7. The number of likely N-dealkylation sites (N-methyl/N-ethyl adjacent to an activating group) is 1. The van der Waals surface area contributed by atoms with Crippen LogP contribution >= 0.6 is 0 Å². The highest BCUT2D eigenvalue weighted by Gasteiger charge is 2.31. The number of carbonyl (C=O) groups is 1. The van der Waals surface area contributed by atoms with Gasteiger partial charge in [0.1, 0.15) is 0 Å². The second-order valence-corrected chi connectivity index (χ2v) is 5.91. The maximum Gasteiger partial charge on any atom is 0.237 e. The van der Waals surface area contributed by atoms with Gasteiger partial charge in [0.2, 0.25) is 5.91 Å². The molecule has 1 saturated heterocycles. The average molecular weight is 311 g/mol. The van der Waals surface area contributed by atoms with E-state index in [2.05, 4.69) is 15.0 Å². The van der Waals surface area contributed by atoms with Crippen molar-refractivity contribution in [1.82, 2.24) is 24.8 Å². The summed E-state index contributed by atoms with van der Waals surface area (Å²) in [6, 6.07) is 3.99. The number of rotatable bonds is 5. The lowest BCUT2D eigenvalue weighted by Crippen LogP contribution is -2.38. The molecule has 120 valence electrons. The van der Waals surface area contributed by atoms with Crippen molar-refractivity contribution in [2.45, 2.75) is 25.4 Å². The molecule has 1 atom stereocenters. The first kappa shape index (κ1) is 15.6. The summed E-state index contributed by atoms with van der Waals surface area (Å²) in [4.78, 5) is 29.2. The van der Waals surface area contributed by atoms with Crippen molar-refractivity contribution in [1.29, 1.82) is 0 Å². The molecule has 0 aliphatic carbocycles. The van der Waals surface area contributed by atoms with Crippen molar-refractivity contribution in [2.75, 3.05) is 20.1 Å². The van der Waals surface area contributed by atoms with Crippen LogP contribution in [0.4, 0.5) is 0 Å². The monoisotopic (exact) mass is 311 g/mol. The van der Waals surface area contributed by atoms with E-state index in [1.54, 1.807) is 24.8 Å². The number of nitrogens with zero attached hydrogens (tertiary/aromatic N) is 5. The van der Waals surface area contributed by atoms with E-state index in [4.69, 9.17) is 0 Å². The van der Waals surface area contributed by atoms with Gasteiger partial charge in [0.25, 0.3) is 0 Å². The maximum atomic E-state index is 12.7. The number of aromatic nitrogens is 3. The Morgan fingerprint density at radius 1 is 1.30 bits per heavy atom. The molecule has 1 fully saturated rings. The smallest absolute Gasteiger partial charge is 0.237 e. The van der Waals surface area contributed by atoms with Gasteiger partial charge in [-0.05, 0) is 31.5 Å². The van der Waals surface area contributed by atoms with Crippen molar-refractivity contribution in [3.05, 3.63) is 54.4 Å². The number of pyridine rings is 1. The molecule has 2 aromatic rings. The molecule has 23 heavy (non-hydrogen) atoms. The molecular formula is C17H21N5O. The first-order valence-electron chi connectivity index (χ1n) is 7.87. The second kappa shape index (κ2) is 7.28. The number of hydrogen-bond donors (Lipinski definition) is 0. The molecule has 0 bridgehead atoms. The van der Waals surface area contributed by atoms with Gasteiger partial charge in [-0.1, -0.05) is 6.07 Å². The first-order chi connectivity index (χ1) is 11.2. The molecule has 0 radical (unpaired) electrons. The van der Waals surface area contributed by atoms with Crippen molar-refractivity contribution in [2.24, 2.45) is 0 Å². The Bertz CT molecular complexity index is 634. The van der Waals surface area contributed by atoms with Crippen LogP contribution in [0.1, 0.15) is 30.1 Å². The van der Waals surface area contributed by atoms with E-state index in [-0.39, 0.29) is 11.9 Å². The predicted octanol–water partition coefficient (Wildman–Crippen LogP) is 1.67. The SMILES string of the molecule is CN(CC(=O)N1CCCC1c1cnccn1)Cc1cccnc1. The van der Waals surface area contributed by atoms with Crippen molar-refractivity contribution < 1.29 is 4.79 Å². The van der Waals surface area contributed by atoms with Crippen LogP contribution in [0.3, 0.4) is 0 Å². The van der Waals surface area contributed by atoms with E-state index >= 15 is 0 Å². The lowest BCUT2D eigenvalue weighted by molar-refractivity contribution is -0.133. The van der Waals surface area contributed by atoms with Gasteiger partial charge < -0.3 is 4.90 Å². The minimum absolute atomic E-state index is 0.0583. The molecule has 0 saturated carbocycles. The lowest BCUT2D eigenvalue weighted by atomic mass is 10.1. The highest BCUT2D eigenvalue weighted by molar-refractivity contribution is 5.79. The van der Waals surface area contributed by atoms with E-state index in [9.17, 15) is 4.79 Å². The molecule has 1 amide bonds. The molecule has 0 N–H and O–H groups in total. The predicted molar refractivity (Wildman–Crippen MR) is 86.3 cm³/mol. The van der Waals surface area contributed by atoms with Crippen LogP contribution in [0.5, 0.6) is 0 Å². The third-order valence-electron chi connectivity index (χ3n) is 4.08. The van der Waals surface area contributed by atoms with Gasteiger partial charge in [-0.3, -0.25) is 24.6 Å². The number of hydrogen-bond acceptors (Lipinski definition) is 5. The summed E-state index contributed by atoms with van der Waals surface area (Å²) in [6.07, 6.45) is 10.7. The molecule has 6 heteroatoms. The van der Waals surface area contributed by atoms with E-state index in [1.165, 1.54) is 0 Å². The summed E-state index contributed by atoms with van der Waals surface area (Å²) in [5.74, 6) is 0.143. The number of likely N-dealkylation sites (tertiary alicyclic amines) is 1. The Hall–Kier alpha value is -2.34. The zero-order valence-corrected chi connectivity index (χ0v) is 13.3. The topological polar surface area (TPSA) is 62.2 Å². The second-order valence-electron chi connectivity index (χ2n) is 5.91. The molecule has 1 unspecified atom stereocenters. The van der Waals surface area contributed by atoms with Crippen LogP contribution in [0.25, 0.3) is 0 Å². The quantitative estimate of drug-likeness (QED) is 0.840. The summed E-state index contributed by atoms with van der Waals surface area (Å²) >= 11 is 0. The summed E-state index contributed by atoms with van der Waals surface area (Å²) in [5, 5.41) is 0. The molecule has 2 aromatic heterocycles. The first-order valence-corrected chi connectivity index (χ1v) is 7.87. The highest BCUT2D eigenvalue weighted by atomic mass is 16.2. The van der Waals surface area contributed by atoms with Crippen LogP contribution in [0.15, 0.2) is 43.1 Å². The summed E-state index contributed by atoms with van der Waals surface area (Å²) < 4.78 is 0. The largest absolute Gasteiger partial charge is 0.333 e. The van der Waals surface area contributed by atoms with Crippen molar-refractivity contribution >= 4 is 5.91 Å². The van der Waals surface area contributed by atoms with Crippen LogP contribution < -0.4 is 0 Å². The molecule has 3 rings (SSSR count). The van der Waals surface area contributed by atoms with Gasteiger partial charge in [-0.15, -0.1) is 0 Å². The summed E-state index contributed by atoms with van der Waals surface area (Å²) in [5.41, 5.74) is 1.99. The fourth-order valence-electron chi connectivity index (χ4n) is 3.04. The van der Waals surface area contributed by atoms with E-state index < -0.39 is 0 Å². The van der Waals surface area contributed by atoms with Gasteiger partial charge in [-0.25, -0.2) is 0 Å². The Balaban J connectivity index is 1.61. The Labute approximate surface area is 136 Å². The Morgan fingerprint density at radius 2 is 2.17 bits per heavy atom. The van der Waals surface area contributed by atoms with Gasteiger partial charge >= 0.3 is 0 Å². The van der Waals surface area contributed by atoms with Crippen LogP contribution in [-0.4, -0.2) is 50.8 Å². The van der Waals surface area contributed by atoms with Gasteiger partial charge in [0.15, 0.2) is 0 Å². The van der Waals surface area contributed by atoms with E-state index in [0.29, 0.717) is 13.1 Å². The summed E-state index contributed by atoms with van der Waals surface area (Å²) in [6.45, 7) is 1.90. The molecular weight excluding hydrogens is 290 g/mol. The molecule has 6 nitrogen and oxygen atoms in total. The van der Waals surface area contributed by atoms with Crippen LogP contribution in [-0.2, 0) is 11.3 Å². The highest BCUT2D eigenvalue weighted by Crippen LogP contribution is 2.30. The number of carbonyl (C=O) groups excluding carboxylic acids is 1. The Kier molecular flexibility index (Phi) is 4.92. The van der Waals surface area contributed by atoms with E-state index in [0.717, 1.165) is 30.6 Å². The third-order valence-corrected chi connectivity index (χ3v) is 4.08. The van der Waals surface area contributed by atoms with Crippen molar-refractivity contribution in [3.8, 4) is 0 Å². The van der Waals surface area contributed by atoms with E-state index in [1.807, 2.05) is 35.2 Å². The normalized spacial score (nSPS) is 17.7. The molecule has 0 aromatic carbocycles. The average Bonchev–Trinajstić information content (AvgIpc) is 3.06. The molecule has 1 aliphatic rings. The number of amides is 1. The molecule has 3 heterocycles. The minimum atomic E-state index is 0.0583. The van der Waals surface area contributed by atoms with Gasteiger partial charge in [0, 0.05) is 37.9 Å². The van der Waals surface area contributed by atoms with Crippen molar-refractivity contribution in [3.63, 3.8) is 0 Å². The Morgan fingerprint density at radius 3 is 2.91 bits per heavy atom. The van der Waals surface area contributed by atoms with Crippen LogP contribution in [0, 0.1) is 0 Å². The van der Waals surface area contributed by atoms with Crippen LogP contribution in [0.2, 0.25) is 0 Å². The van der Waals surface area contributed by atoms with Gasteiger partial charge in [0.05, 0.1) is 24.5 Å². The van der Waals surface area contributed by atoms with Gasteiger partial charge in [-0.2, -0.15) is 0 Å². The fourth-order valence-corrected chi connectivity index (χ4v) is 3.04. The zero-order chi connectivity index (χ0) is 16.1. The lowest BCUT2D eigenvalue weighted by Gasteiger charge is -2.26. The minimum Gasteiger partial charge on any atom is -0.333 e. The molecule has 0 spiro atoms. The standard InChI is InChI=1S/C17H21N5O/c1-21(12-14-4-2-6-18-10-14)13-17(23)22-9-3-5-16(22)15-11-19-7-8-20-15/h2,4,6-8,10-11,16H,3,5,9,12-13H2,1H3. The fraction of sp³-hybridized carbons (Fsp3) is 0.412. The summed E-state index contributed by atoms with van der Waals surface area (Å²) in [7, 11) is 1.96. The third kappa shape index (κ3) is 3.90. The zero-order valence-electron chi connectivity index (χ0n) is 13.3. The molecule has 1 aliphatic heterocycles.